The van der Waals surface area contributed by atoms with Crippen molar-refractivity contribution in [3.8, 4) is 0 Å². The Morgan fingerprint density at radius 2 is 1.74 bits per heavy atom. The van der Waals surface area contributed by atoms with Gasteiger partial charge in [-0.3, -0.25) is 4.55 Å². The van der Waals surface area contributed by atoms with E-state index >= 15 is 0 Å². The van der Waals surface area contributed by atoms with Crippen molar-refractivity contribution >= 4 is 21.8 Å². The molecule has 146 valence electrons. The third-order valence-corrected chi connectivity index (χ3v) is 4.94. The number of piperazine rings is 1. The Balaban J connectivity index is 0.000000208. The van der Waals surface area contributed by atoms with Crippen molar-refractivity contribution in [2.45, 2.75) is 11.8 Å². The SMILES string of the molecule is COC(=O)c1cccc(N2CCNCC2)c1.Cc1ccc(S(=O)(=O)O)cc1. The van der Waals surface area contributed by atoms with Crippen LogP contribution in [0.2, 0.25) is 0 Å². The van der Waals surface area contributed by atoms with Gasteiger partial charge in [-0.25, -0.2) is 4.79 Å². The molecule has 27 heavy (non-hydrogen) atoms. The molecule has 8 heteroatoms. The van der Waals surface area contributed by atoms with Crippen LogP contribution < -0.4 is 10.2 Å². The molecule has 0 atom stereocenters. The normalized spacial score (nSPS) is 14.1. The van der Waals surface area contributed by atoms with Crippen LogP contribution in [0.3, 0.4) is 0 Å². The first kappa shape index (κ1) is 20.9. The number of rotatable bonds is 3. The lowest BCUT2D eigenvalue weighted by molar-refractivity contribution is 0.0600. The summed E-state index contributed by atoms with van der Waals surface area (Å²) in [6, 6.07) is 13.6. The van der Waals surface area contributed by atoms with Crippen LogP contribution in [0.1, 0.15) is 15.9 Å². The van der Waals surface area contributed by atoms with Crippen LogP contribution in [0.4, 0.5) is 5.69 Å². The zero-order chi connectivity index (χ0) is 19.9. The Hall–Kier alpha value is -2.42. The molecule has 7 nitrogen and oxygen atoms in total. The van der Waals surface area contributed by atoms with Crippen molar-refractivity contribution in [2.24, 2.45) is 0 Å². The van der Waals surface area contributed by atoms with Gasteiger partial charge in [0, 0.05) is 31.9 Å². The number of esters is 1. The van der Waals surface area contributed by atoms with Gasteiger partial charge in [-0.1, -0.05) is 23.8 Å². The summed E-state index contributed by atoms with van der Waals surface area (Å²) < 4.78 is 34.3. The number of nitrogens with one attached hydrogen (secondary N) is 1. The minimum Gasteiger partial charge on any atom is -0.465 e. The number of aryl methyl sites for hydroxylation is 1. The molecule has 0 bridgehead atoms. The molecule has 1 aliphatic heterocycles. The molecule has 1 fully saturated rings. The van der Waals surface area contributed by atoms with Crippen molar-refractivity contribution in [2.75, 3.05) is 38.2 Å². The Kier molecular flexibility index (Phi) is 7.35. The average molecular weight is 392 g/mol. The fraction of sp³-hybridized carbons (Fsp3) is 0.316. The van der Waals surface area contributed by atoms with Gasteiger partial charge in [0.15, 0.2) is 0 Å². The standard InChI is InChI=1S/C12H16N2O2.C7H8O3S/c1-16-12(15)10-3-2-4-11(9-10)14-7-5-13-6-8-14;1-6-2-4-7(5-3-6)11(8,9)10/h2-4,9,13H,5-8H2,1H3;2-5H,1H3,(H,8,9,10). The van der Waals surface area contributed by atoms with Gasteiger partial charge < -0.3 is 15.0 Å². The average Bonchev–Trinajstić information content (AvgIpc) is 2.68. The topological polar surface area (TPSA) is 95.9 Å². The second-order valence-electron chi connectivity index (χ2n) is 6.07. The maximum absolute atomic E-state index is 11.4. The highest BCUT2D eigenvalue weighted by molar-refractivity contribution is 7.85. The van der Waals surface area contributed by atoms with Gasteiger partial charge in [0.2, 0.25) is 0 Å². The smallest absolute Gasteiger partial charge is 0.337 e. The van der Waals surface area contributed by atoms with Gasteiger partial charge in [0.05, 0.1) is 17.6 Å². The van der Waals surface area contributed by atoms with Gasteiger partial charge in [-0.05, 0) is 37.3 Å². The molecule has 1 saturated heterocycles. The molecule has 0 radical (unpaired) electrons. The summed E-state index contributed by atoms with van der Waals surface area (Å²) in [4.78, 5) is 13.6. The number of hydrogen-bond donors (Lipinski definition) is 2. The first-order valence-corrected chi connectivity index (χ1v) is 9.93. The summed E-state index contributed by atoms with van der Waals surface area (Å²) in [6.45, 7) is 5.77. The van der Waals surface area contributed by atoms with Crippen LogP contribution in [0.15, 0.2) is 53.4 Å². The van der Waals surface area contributed by atoms with Gasteiger partial charge in [-0.15, -0.1) is 0 Å². The van der Waals surface area contributed by atoms with Crippen molar-refractivity contribution in [1.82, 2.24) is 5.32 Å². The third-order valence-electron chi connectivity index (χ3n) is 4.07. The molecule has 2 aromatic carbocycles. The fourth-order valence-electron chi connectivity index (χ4n) is 2.58. The maximum Gasteiger partial charge on any atom is 0.337 e. The Morgan fingerprint density at radius 3 is 2.30 bits per heavy atom. The number of carbonyl (C=O) groups excluding carboxylic acids is 1. The highest BCUT2D eigenvalue weighted by Gasteiger charge is 2.12. The minimum atomic E-state index is -4.02. The van der Waals surface area contributed by atoms with E-state index < -0.39 is 10.1 Å². The number of hydrogen-bond acceptors (Lipinski definition) is 6. The Morgan fingerprint density at radius 1 is 1.11 bits per heavy atom. The molecule has 3 rings (SSSR count). The number of anilines is 1. The molecule has 1 aliphatic rings. The van der Waals surface area contributed by atoms with E-state index in [4.69, 9.17) is 9.29 Å². The lowest BCUT2D eigenvalue weighted by Crippen LogP contribution is -2.43. The first-order chi connectivity index (χ1) is 12.8. The van der Waals surface area contributed by atoms with E-state index in [9.17, 15) is 13.2 Å². The molecule has 0 saturated carbocycles. The second kappa shape index (κ2) is 9.50. The second-order valence-corrected chi connectivity index (χ2v) is 7.49. The van der Waals surface area contributed by atoms with Gasteiger partial charge in [0.1, 0.15) is 0 Å². The van der Waals surface area contributed by atoms with Gasteiger partial charge in [-0.2, -0.15) is 8.42 Å². The summed E-state index contributed by atoms with van der Waals surface area (Å²) in [5, 5.41) is 3.30. The predicted octanol–water partition coefficient (Wildman–Crippen LogP) is 2.12. The molecule has 0 aliphatic carbocycles. The van der Waals surface area contributed by atoms with E-state index in [1.807, 2.05) is 25.1 Å². The molecular formula is C19H24N2O5S. The minimum absolute atomic E-state index is 0.0666. The van der Waals surface area contributed by atoms with E-state index in [2.05, 4.69) is 10.2 Å². The van der Waals surface area contributed by atoms with Crippen LogP contribution in [0, 0.1) is 6.92 Å². The zero-order valence-corrected chi connectivity index (χ0v) is 16.2. The monoisotopic (exact) mass is 392 g/mol. The number of ether oxygens (including phenoxy) is 1. The molecule has 0 amide bonds. The van der Waals surface area contributed by atoms with Crippen molar-refractivity contribution in [1.29, 1.82) is 0 Å². The van der Waals surface area contributed by atoms with E-state index in [0.717, 1.165) is 37.4 Å². The van der Waals surface area contributed by atoms with Gasteiger partial charge in [0.25, 0.3) is 10.1 Å². The van der Waals surface area contributed by atoms with Crippen LogP contribution >= 0.6 is 0 Å². The molecule has 1 heterocycles. The molecule has 0 spiro atoms. The number of nitrogens with zero attached hydrogens (tertiary/aromatic N) is 1. The van der Waals surface area contributed by atoms with Crippen LogP contribution in [0.25, 0.3) is 0 Å². The number of carbonyl (C=O) groups is 1. The third kappa shape index (κ3) is 6.35. The molecule has 0 aromatic heterocycles. The Bertz CT molecular complexity index is 860. The molecular weight excluding hydrogens is 368 g/mol. The van der Waals surface area contributed by atoms with Crippen LogP contribution in [0.5, 0.6) is 0 Å². The summed E-state index contributed by atoms with van der Waals surface area (Å²) in [7, 11) is -2.62. The Labute approximate surface area is 159 Å². The summed E-state index contributed by atoms with van der Waals surface area (Å²) in [6.07, 6.45) is 0. The zero-order valence-electron chi connectivity index (χ0n) is 15.4. The van der Waals surface area contributed by atoms with Crippen molar-refractivity contribution < 1.29 is 22.5 Å². The highest BCUT2D eigenvalue weighted by Crippen LogP contribution is 2.17. The number of methoxy groups -OCH3 is 1. The number of benzene rings is 2. The first-order valence-electron chi connectivity index (χ1n) is 8.49. The lowest BCUT2D eigenvalue weighted by atomic mass is 10.2. The van der Waals surface area contributed by atoms with Crippen LogP contribution in [-0.2, 0) is 14.9 Å². The van der Waals surface area contributed by atoms with Gasteiger partial charge >= 0.3 is 5.97 Å². The van der Waals surface area contributed by atoms with Crippen molar-refractivity contribution in [3.63, 3.8) is 0 Å². The maximum atomic E-state index is 11.4. The quantitative estimate of drug-likeness (QED) is 0.610. The van der Waals surface area contributed by atoms with E-state index in [1.54, 1.807) is 18.2 Å². The molecule has 2 N–H and O–H groups in total. The lowest BCUT2D eigenvalue weighted by Gasteiger charge is -2.29. The molecule has 0 unspecified atom stereocenters. The van der Waals surface area contributed by atoms with Crippen LogP contribution in [-0.4, -0.2) is 52.2 Å². The largest absolute Gasteiger partial charge is 0.465 e. The van der Waals surface area contributed by atoms with E-state index in [0.29, 0.717) is 5.56 Å². The summed E-state index contributed by atoms with van der Waals surface area (Å²) in [5.41, 5.74) is 2.65. The van der Waals surface area contributed by atoms with E-state index in [1.165, 1.54) is 19.2 Å². The predicted molar refractivity (Wildman–Crippen MR) is 104 cm³/mol. The summed E-state index contributed by atoms with van der Waals surface area (Å²) in [5.74, 6) is -0.281. The highest BCUT2D eigenvalue weighted by atomic mass is 32.2. The molecule has 2 aromatic rings. The van der Waals surface area contributed by atoms with Crippen molar-refractivity contribution in [3.05, 3.63) is 59.7 Å². The summed E-state index contributed by atoms with van der Waals surface area (Å²) >= 11 is 0. The fourth-order valence-corrected chi connectivity index (χ4v) is 3.06. The van der Waals surface area contributed by atoms with E-state index in [-0.39, 0.29) is 10.9 Å².